The van der Waals surface area contributed by atoms with E-state index in [-0.39, 0.29) is 11.6 Å². The van der Waals surface area contributed by atoms with Crippen molar-refractivity contribution in [2.75, 3.05) is 0 Å². The number of rotatable bonds is 3. The van der Waals surface area contributed by atoms with E-state index in [0.29, 0.717) is 10.5 Å². The van der Waals surface area contributed by atoms with Gasteiger partial charge in [0, 0.05) is 19.8 Å². The van der Waals surface area contributed by atoms with Crippen LogP contribution in [0.1, 0.15) is 17.3 Å². The van der Waals surface area contributed by atoms with Crippen LogP contribution in [-0.2, 0) is 0 Å². The van der Waals surface area contributed by atoms with Crippen LogP contribution in [-0.4, -0.2) is 5.78 Å². The molecule has 2 aromatic carbocycles. The number of ketones is 1. The number of carbonyl (C=O) groups is 1. The fourth-order valence-corrected chi connectivity index (χ4v) is 3.19. The van der Waals surface area contributed by atoms with Crippen molar-refractivity contribution in [3.8, 4) is 0 Å². The fraction of sp³-hybridized carbons (Fsp3) is 0.0714. The molecular weight excluding hydrogens is 315 g/mol. The molecule has 1 nitrogen and oxygen atoms in total. The summed E-state index contributed by atoms with van der Waals surface area (Å²) >= 11 is 4.68. The first-order valence-corrected chi connectivity index (χ1v) is 6.92. The fourth-order valence-electron chi connectivity index (χ4n) is 1.50. The quantitative estimate of drug-likeness (QED) is 0.744. The molecule has 0 atom stereocenters. The average Bonchev–Trinajstić information content (AvgIpc) is 2.32. The third-order valence-electron chi connectivity index (χ3n) is 2.38. The Morgan fingerprint density at radius 2 is 1.94 bits per heavy atom. The predicted molar refractivity (Wildman–Crippen MR) is 74.7 cm³/mol. The summed E-state index contributed by atoms with van der Waals surface area (Å²) in [7, 11) is 0. The topological polar surface area (TPSA) is 17.1 Å². The van der Waals surface area contributed by atoms with Gasteiger partial charge in [0.25, 0.3) is 0 Å². The van der Waals surface area contributed by atoms with Crippen molar-refractivity contribution in [1.82, 2.24) is 0 Å². The molecule has 0 bridgehead atoms. The molecule has 0 unspecified atom stereocenters. The van der Waals surface area contributed by atoms with Crippen LogP contribution in [0.15, 0.2) is 56.7 Å². The summed E-state index contributed by atoms with van der Waals surface area (Å²) in [5.41, 5.74) is 0.632. The van der Waals surface area contributed by atoms with E-state index >= 15 is 0 Å². The molecule has 0 aliphatic rings. The number of Topliss-reactive ketones (excluding diaryl/α,β-unsaturated/α-hetero) is 1. The molecule has 0 fully saturated rings. The van der Waals surface area contributed by atoms with Crippen LogP contribution in [0, 0.1) is 5.82 Å². The van der Waals surface area contributed by atoms with Crippen molar-refractivity contribution < 1.29 is 9.18 Å². The van der Waals surface area contributed by atoms with Crippen molar-refractivity contribution in [2.24, 2.45) is 0 Å². The smallest absolute Gasteiger partial charge is 0.160 e. The Kier molecular flexibility index (Phi) is 4.19. The van der Waals surface area contributed by atoms with Gasteiger partial charge in [-0.15, -0.1) is 0 Å². The standard InChI is InChI=1S/C14H10BrFOS/c1-9(17)11-7-6-10(8-12(11)15)18-14-5-3-2-4-13(14)16/h2-8H,1H3. The second kappa shape index (κ2) is 5.67. The number of hydrogen-bond donors (Lipinski definition) is 0. The van der Waals surface area contributed by atoms with E-state index in [2.05, 4.69) is 15.9 Å². The zero-order valence-corrected chi connectivity index (χ0v) is 12.0. The van der Waals surface area contributed by atoms with Gasteiger partial charge in [-0.05, 0) is 37.3 Å². The first-order valence-electron chi connectivity index (χ1n) is 5.31. The molecule has 2 rings (SSSR count). The lowest BCUT2D eigenvalue weighted by atomic mass is 10.2. The summed E-state index contributed by atoms with van der Waals surface area (Å²) in [4.78, 5) is 12.7. The van der Waals surface area contributed by atoms with E-state index in [1.54, 1.807) is 24.3 Å². The summed E-state index contributed by atoms with van der Waals surface area (Å²) in [5.74, 6) is -0.237. The first kappa shape index (κ1) is 13.3. The molecule has 0 aliphatic heterocycles. The largest absolute Gasteiger partial charge is 0.294 e. The molecule has 0 aliphatic carbocycles. The predicted octanol–water partition coefficient (Wildman–Crippen LogP) is 4.94. The maximum absolute atomic E-state index is 13.5. The summed E-state index contributed by atoms with van der Waals surface area (Å²) in [6, 6.07) is 12.0. The highest BCUT2D eigenvalue weighted by atomic mass is 79.9. The Morgan fingerprint density at radius 1 is 1.22 bits per heavy atom. The highest BCUT2D eigenvalue weighted by molar-refractivity contribution is 9.10. The van der Waals surface area contributed by atoms with Crippen LogP contribution < -0.4 is 0 Å². The van der Waals surface area contributed by atoms with Gasteiger partial charge in [0.1, 0.15) is 5.82 Å². The van der Waals surface area contributed by atoms with Crippen LogP contribution in [0.2, 0.25) is 0 Å². The van der Waals surface area contributed by atoms with Crippen LogP contribution in [0.25, 0.3) is 0 Å². The second-order valence-electron chi connectivity index (χ2n) is 3.73. The lowest BCUT2D eigenvalue weighted by Gasteiger charge is -2.05. The Labute approximate surface area is 118 Å². The summed E-state index contributed by atoms with van der Waals surface area (Å²) in [6.45, 7) is 1.52. The SMILES string of the molecule is CC(=O)c1ccc(Sc2ccccc2F)cc1Br. The Balaban J connectivity index is 2.29. The third kappa shape index (κ3) is 3.00. The molecule has 0 amide bonds. The molecule has 18 heavy (non-hydrogen) atoms. The molecular formula is C14H10BrFOS. The van der Waals surface area contributed by atoms with Gasteiger partial charge < -0.3 is 0 Å². The van der Waals surface area contributed by atoms with Crippen molar-refractivity contribution in [1.29, 1.82) is 0 Å². The monoisotopic (exact) mass is 324 g/mol. The number of benzene rings is 2. The lowest BCUT2D eigenvalue weighted by molar-refractivity contribution is 0.101. The van der Waals surface area contributed by atoms with Crippen LogP contribution >= 0.6 is 27.7 Å². The van der Waals surface area contributed by atoms with Gasteiger partial charge in [0.05, 0.1) is 0 Å². The van der Waals surface area contributed by atoms with Crippen molar-refractivity contribution >= 4 is 33.5 Å². The zero-order valence-electron chi connectivity index (χ0n) is 9.61. The zero-order chi connectivity index (χ0) is 13.1. The minimum atomic E-state index is -0.241. The molecule has 0 saturated carbocycles. The maximum atomic E-state index is 13.5. The Hall–Kier alpha value is -1.13. The van der Waals surface area contributed by atoms with Crippen molar-refractivity contribution in [3.05, 3.63) is 58.3 Å². The van der Waals surface area contributed by atoms with Crippen LogP contribution in [0.3, 0.4) is 0 Å². The van der Waals surface area contributed by atoms with E-state index in [4.69, 9.17) is 0 Å². The van der Waals surface area contributed by atoms with E-state index in [0.717, 1.165) is 9.37 Å². The molecule has 0 spiro atoms. The maximum Gasteiger partial charge on any atom is 0.160 e. The van der Waals surface area contributed by atoms with Crippen molar-refractivity contribution in [3.63, 3.8) is 0 Å². The van der Waals surface area contributed by atoms with E-state index in [1.807, 2.05) is 12.1 Å². The van der Waals surface area contributed by atoms with Gasteiger partial charge in [-0.3, -0.25) is 4.79 Å². The number of hydrogen-bond acceptors (Lipinski definition) is 2. The van der Waals surface area contributed by atoms with Gasteiger partial charge in [0.15, 0.2) is 5.78 Å². The number of carbonyl (C=O) groups excluding carboxylic acids is 1. The third-order valence-corrected chi connectivity index (χ3v) is 4.08. The van der Waals surface area contributed by atoms with Crippen LogP contribution in [0.4, 0.5) is 4.39 Å². The highest BCUT2D eigenvalue weighted by Crippen LogP contribution is 2.32. The van der Waals surface area contributed by atoms with Gasteiger partial charge in [0.2, 0.25) is 0 Å². The van der Waals surface area contributed by atoms with E-state index < -0.39 is 0 Å². The highest BCUT2D eigenvalue weighted by Gasteiger charge is 2.08. The van der Waals surface area contributed by atoms with E-state index in [1.165, 1.54) is 24.8 Å². The van der Waals surface area contributed by atoms with Gasteiger partial charge in [-0.2, -0.15) is 0 Å². The van der Waals surface area contributed by atoms with Crippen molar-refractivity contribution in [2.45, 2.75) is 16.7 Å². The Morgan fingerprint density at radius 3 is 2.56 bits per heavy atom. The normalized spacial score (nSPS) is 10.4. The summed E-state index contributed by atoms with van der Waals surface area (Å²) in [5, 5.41) is 0. The van der Waals surface area contributed by atoms with Gasteiger partial charge >= 0.3 is 0 Å². The minimum absolute atomic E-state index is 0.00400. The van der Waals surface area contributed by atoms with Crippen LogP contribution in [0.5, 0.6) is 0 Å². The molecule has 0 radical (unpaired) electrons. The molecule has 4 heteroatoms. The molecule has 92 valence electrons. The minimum Gasteiger partial charge on any atom is -0.294 e. The van der Waals surface area contributed by atoms with E-state index in [9.17, 15) is 9.18 Å². The number of halogens is 2. The summed E-state index contributed by atoms with van der Waals surface area (Å²) < 4.78 is 14.2. The molecule has 0 heterocycles. The molecule has 0 N–H and O–H groups in total. The lowest BCUT2D eigenvalue weighted by Crippen LogP contribution is -1.93. The van der Waals surface area contributed by atoms with Gasteiger partial charge in [-0.1, -0.05) is 39.8 Å². The summed E-state index contributed by atoms with van der Waals surface area (Å²) in [6.07, 6.45) is 0. The molecule has 0 aromatic heterocycles. The molecule has 0 saturated heterocycles. The second-order valence-corrected chi connectivity index (χ2v) is 5.70. The first-order chi connectivity index (χ1) is 8.58. The molecule has 2 aromatic rings. The average molecular weight is 325 g/mol. The Bertz CT molecular complexity index is 598. The van der Waals surface area contributed by atoms with Gasteiger partial charge in [-0.25, -0.2) is 4.39 Å².